The molecule has 1 heterocycles. The van der Waals surface area contributed by atoms with E-state index in [2.05, 4.69) is 103 Å². The van der Waals surface area contributed by atoms with Crippen molar-refractivity contribution in [2.45, 2.75) is 0 Å². The van der Waals surface area contributed by atoms with Gasteiger partial charge in [-0.3, -0.25) is 0 Å². The van der Waals surface area contributed by atoms with Crippen LogP contribution in [0.3, 0.4) is 0 Å². The minimum Gasteiger partial charge on any atom is -0.207 e. The van der Waals surface area contributed by atoms with E-state index in [1.54, 1.807) is 0 Å². The van der Waals surface area contributed by atoms with Gasteiger partial charge in [-0.2, -0.15) is 0 Å². The third kappa shape index (κ3) is 2.23. The molecule has 0 radical (unpaired) electrons. The summed E-state index contributed by atoms with van der Waals surface area (Å²) >= 11 is 0. The maximum Gasteiger partial charge on any atom is 0.362 e. The summed E-state index contributed by atoms with van der Waals surface area (Å²) in [5.41, 5.74) is 4.24. The summed E-state index contributed by atoms with van der Waals surface area (Å²) in [4.78, 5) is 0. The number of hydrogen-bond donors (Lipinski definition) is 0. The molecule has 0 saturated carbocycles. The van der Waals surface area contributed by atoms with Gasteiger partial charge >= 0.3 is 11.2 Å². The normalized spacial score (nSPS) is 11.6. The first-order valence-electron chi connectivity index (χ1n) is 9.54. The fraction of sp³-hybridized carbons (Fsp3) is 0. The largest absolute Gasteiger partial charge is 0.362 e. The Morgan fingerprint density at radius 2 is 1.11 bits per heavy atom. The van der Waals surface area contributed by atoms with Gasteiger partial charge in [-0.15, -0.1) is 0 Å². The predicted octanol–water partition coefficient (Wildman–Crippen LogP) is 7.84. The standard InChI is InChI=1S/C27H17O/c1-2-8-18(9-3-1)23-17-27-25(22-13-7-6-12-21(22)23)16-24-20-11-5-4-10-19(20)14-15-26(24)28-27/h1-17H/q+1. The summed E-state index contributed by atoms with van der Waals surface area (Å²) in [7, 11) is 0. The average Bonchev–Trinajstić information content (AvgIpc) is 2.78. The van der Waals surface area contributed by atoms with Gasteiger partial charge in [-0.25, -0.2) is 4.42 Å². The quantitative estimate of drug-likeness (QED) is 0.166. The zero-order valence-corrected chi connectivity index (χ0v) is 15.2. The molecule has 130 valence electrons. The molecule has 28 heavy (non-hydrogen) atoms. The van der Waals surface area contributed by atoms with Crippen molar-refractivity contribution < 1.29 is 4.42 Å². The highest BCUT2D eigenvalue weighted by atomic mass is 16.3. The Labute approximate surface area is 162 Å². The number of hydrogen-bond acceptors (Lipinski definition) is 0. The lowest BCUT2D eigenvalue weighted by Gasteiger charge is -2.08. The lowest BCUT2D eigenvalue weighted by Crippen LogP contribution is -1.86. The average molecular weight is 357 g/mol. The van der Waals surface area contributed by atoms with Crippen LogP contribution < -0.4 is 0 Å². The second-order valence-corrected chi connectivity index (χ2v) is 7.19. The van der Waals surface area contributed by atoms with Gasteiger partial charge < -0.3 is 0 Å². The van der Waals surface area contributed by atoms with E-state index in [-0.39, 0.29) is 0 Å². The number of fused-ring (bicyclic) bond motifs is 6. The number of benzene rings is 5. The third-order valence-corrected chi connectivity index (χ3v) is 5.57. The molecule has 6 aromatic rings. The SMILES string of the molecule is c1ccc(-c2cc3[o+]c4ccc5ccccc5c4cc3c3ccccc23)cc1. The molecule has 0 unspecified atom stereocenters. The third-order valence-electron chi connectivity index (χ3n) is 5.57. The Hall–Kier alpha value is -3.71. The molecule has 0 atom stereocenters. The van der Waals surface area contributed by atoms with Gasteiger partial charge in [-0.05, 0) is 44.8 Å². The second kappa shape index (κ2) is 5.90. The Balaban J connectivity index is 1.80. The highest BCUT2D eigenvalue weighted by Crippen LogP contribution is 2.38. The summed E-state index contributed by atoms with van der Waals surface area (Å²) in [5.74, 6) is 0. The topological polar surface area (TPSA) is 11.3 Å². The van der Waals surface area contributed by atoms with Crippen LogP contribution in [0.25, 0.3) is 54.6 Å². The highest BCUT2D eigenvalue weighted by molar-refractivity contribution is 6.16. The molecule has 0 aliphatic rings. The predicted molar refractivity (Wildman–Crippen MR) is 119 cm³/mol. The fourth-order valence-electron chi connectivity index (χ4n) is 4.24. The van der Waals surface area contributed by atoms with Crippen molar-refractivity contribution in [3.63, 3.8) is 0 Å². The molecule has 6 rings (SSSR count). The van der Waals surface area contributed by atoms with Gasteiger partial charge in [0.1, 0.15) is 0 Å². The van der Waals surface area contributed by atoms with Gasteiger partial charge in [-0.1, -0.05) is 78.9 Å². The van der Waals surface area contributed by atoms with Crippen molar-refractivity contribution >= 4 is 43.5 Å². The summed E-state index contributed by atoms with van der Waals surface area (Å²) in [5, 5.41) is 7.23. The zero-order valence-electron chi connectivity index (χ0n) is 15.2. The van der Waals surface area contributed by atoms with Crippen LogP contribution in [-0.4, -0.2) is 0 Å². The van der Waals surface area contributed by atoms with E-state index in [0.717, 1.165) is 21.9 Å². The minimum atomic E-state index is 0.917. The van der Waals surface area contributed by atoms with Crippen molar-refractivity contribution in [3.8, 4) is 11.1 Å². The maximum absolute atomic E-state index is 6.42. The highest BCUT2D eigenvalue weighted by Gasteiger charge is 2.19. The Kier molecular flexibility index (Phi) is 3.24. The first-order valence-corrected chi connectivity index (χ1v) is 9.54. The Bertz CT molecular complexity index is 1500. The van der Waals surface area contributed by atoms with Crippen molar-refractivity contribution in [3.05, 3.63) is 103 Å². The molecular formula is C27H17O+. The molecule has 1 heteroatoms. The molecular weight excluding hydrogens is 340 g/mol. The lowest BCUT2D eigenvalue weighted by molar-refractivity contribution is 0.662. The van der Waals surface area contributed by atoms with Crippen molar-refractivity contribution in [1.82, 2.24) is 0 Å². The van der Waals surface area contributed by atoms with E-state index in [4.69, 9.17) is 4.42 Å². The van der Waals surface area contributed by atoms with Crippen molar-refractivity contribution in [2.75, 3.05) is 0 Å². The first kappa shape index (κ1) is 15.4. The van der Waals surface area contributed by atoms with E-state index < -0.39 is 0 Å². The first-order chi connectivity index (χ1) is 13.9. The summed E-state index contributed by atoms with van der Waals surface area (Å²) < 4.78 is 6.42. The number of rotatable bonds is 1. The van der Waals surface area contributed by atoms with Crippen LogP contribution >= 0.6 is 0 Å². The summed E-state index contributed by atoms with van der Waals surface area (Å²) in [6, 6.07) is 36.3. The molecule has 0 fully saturated rings. The molecule has 0 amide bonds. The molecule has 0 saturated heterocycles. The maximum atomic E-state index is 6.42. The fourth-order valence-corrected chi connectivity index (χ4v) is 4.24. The smallest absolute Gasteiger partial charge is 0.207 e. The molecule has 0 aliphatic carbocycles. The van der Waals surface area contributed by atoms with Crippen LogP contribution in [0.5, 0.6) is 0 Å². The minimum absolute atomic E-state index is 0.917. The van der Waals surface area contributed by atoms with E-state index in [1.807, 2.05) is 0 Å². The second-order valence-electron chi connectivity index (χ2n) is 7.19. The molecule has 5 aromatic carbocycles. The van der Waals surface area contributed by atoms with Gasteiger partial charge in [0.25, 0.3) is 0 Å². The Morgan fingerprint density at radius 1 is 0.429 bits per heavy atom. The van der Waals surface area contributed by atoms with Gasteiger partial charge in [0.2, 0.25) is 0 Å². The monoisotopic (exact) mass is 357 g/mol. The molecule has 0 spiro atoms. The summed E-state index contributed by atoms with van der Waals surface area (Å²) in [6.45, 7) is 0. The van der Waals surface area contributed by atoms with Gasteiger partial charge in [0, 0.05) is 6.07 Å². The van der Waals surface area contributed by atoms with Crippen LogP contribution in [0.2, 0.25) is 0 Å². The lowest BCUT2D eigenvalue weighted by atomic mass is 9.94. The van der Waals surface area contributed by atoms with Crippen LogP contribution in [0.1, 0.15) is 0 Å². The Morgan fingerprint density at radius 3 is 1.96 bits per heavy atom. The van der Waals surface area contributed by atoms with Gasteiger partial charge in [0.15, 0.2) is 0 Å². The molecule has 0 aliphatic heterocycles. The molecule has 1 aromatic heterocycles. The van der Waals surface area contributed by atoms with E-state index in [1.165, 1.54) is 32.7 Å². The zero-order chi connectivity index (χ0) is 18.5. The summed E-state index contributed by atoms with van der Waals surface area (Å²) in [6.07, 6.45) is 0. The molecule has 1 nitrogen and oxygen atoms in total. The van der Waals surface area contributed by atoms with Gasteiger partial charge in [0.05, 0.1) is 16.8 Å². The van der Waals surface area contributed by atoms with Crippen LogP contribution in [0.4, 0.5) is 0 Å². The van der Waals surface area contributed by atoms with E-state index in [9.17, 15) is 0 Å². The van der Waals surface area contributed by atoms with Crippen molar-refractivity contribution in [1.29, 1.82) is 0 Å². The van der Waals surface area contributed by atoms with E-state index in [0.29, 0.717) is 0 Å². The van der Waals surface area contributed by atoms with Crippen LogP contribution in [0.15, 0.2) is 108 Å². The van der Waals surface area contributed by atoms with E-state index >= 15 is 0 Å². The molecule has 0 bridgehead atoms. The van der Waals surface area contributed by atoms with Crippen LogP contribution in [-0.2, 0) is 0 Å². The van der Waals surface area contributed by atoms with Crippen molar-refractivity contribution in [2.24, 2.45) is 0 Å². The van der Waals surface area contributed by atoms with Crippen LogP contribution in [0, 0.1) is 0 Å². The molecule has 0 N–H and O–H groups in total.